The predicted molar refractivity (Wildman–Crippen MR) is 99.5 cm³/mol. The van der Waals surface area contributed by atoms with Crippen LogP contribution in [0.4, 0.5) is 5.82 Å². The van der Waals surface area contributed by atoms with Crippen molar-refractivity contribution < 1.29 is 9.53 Å². The Hall–Kier alpha value is -2.63. The van der Waals surface area contributed by atoms with Gasteiger partial charge in [-0.15, -0.1) is 0 Å². The van der Waals surface area contributed by atoms with Gasteiger partial charge in [0, 0.05) is 37.0 Å². The third-order valence-electron chi connectivity index (χ3n) is 5.55. The summed E-state index contributed by atoms with van der Waals surface area (Å²) in [7, 11) is 1.62. The highest BCUT2D eigenvalue weighted by atomic mass is 16.5. The van der Waals surface area contributed by atoms with Crippen molar-refractivity contribution in [1.82, 2.24) is 14.9 Å². The summed E-state index contributed by atoms with van der Waals surface area (Å²) in [4.78, 5) is 26.0. The molecule has 6 heteroatoms. The smallest absolute Gasteiger partial charge is 0.254 e. The number of carbonyl (C=O) groups excluding carboxylic acids is 1. The lowest BCUT2D eigenvalue weighted by molar-refractivity contribution is 0.0711. The Morgan fingerprint density at radius 3 is 2.85 bits per heavy atom. The van der Waals surface area contributed by atoms with Gasteiger partial charge in [-0.05, 0) is 43.9 Å². The Balaban J connectivity index is 1.54. The van der Waals surface area contributed by atoms with E-state index in [1.54, 1.807) is 13.4 Å². The molecule has 6 nitrogen and oxygen atoms in total. The maximum absolute atomic E-state index is 13.1. The molecule has 1 aromatic carbocycles. The Bertz CT molecular complexity index is 810. The first-order chi connectivity index (χ1) is 12.7. The van der Waals surface area contributed by atoms with Crippen LogP contribution in [0.15, 0.2) is 36.7 Å². The summed E-state index contributed by atoms with van der Waals surface area (Å²) in [5.41, 5.74) is 1.66. The molecule has 26 heavy (non-hydrogen) atoms. The van der Waals surface area contributed by atoms with E-state index in [9.17, 15) is 4.79 Å². The molecular weight excluding hydrogens is 328 g/mol. The van der Waals surface area contributed by atoms with Crippen LogP contribution in [0, 0.1) is 12.8 Å². The first kappa shape index (κ1) is 16.8. The molecule has 0 spiro atoms. The van der Waals surface area contributed by atoms with Gasteiger partial charge in [-0.25, -0.2) is 9.97 Å². The summed E-state index contributed by atoms with van der Waals surface area (Å²) in [6.07, 6.45) is 3.79. The Morgan fingerprint density at radius 1 is 1.19 bits per heavy atom. The second-order valence-electron chi connectivity index (χ2n) is 7.10. The average Bonchev–Trinajstić information content (AvgIpc) is 3.10. The van der Waals surface area contributed by atoms with Crippen LogP contribution in [-0.4, -0.2) is 53.6 Å². The normalized spacial score (nSPS) is 22.2. The van der Waals surface area contributed by atoms with Gasteiger partial charge >= 0.3 is 0 Å². The largest absolute Gasteiger partial charge is 0.497 e. The number of piperidine rings is 1. The minimum absolute atomic E-state index is 0.0946. The van der Waals surface area contributed by atoms with E-state index in [1.165, 1.54) is 0 Å². The van der Waals surface area contributed by atoms with Gasteiger partial charge in [-0.1, -0.05) is 6.07 Å². The first-order valence-corrected chi connectivity index (χ1v) is 9.14. The molecule has 1 amide bonds. The first-order valence-electron chi connectivity index (χ1n) is 9.14. The van der Waals surface area contributed by atoms with Crippen molar-refractivity contribution in [3.63, 3.8) is 0 Å². The monoisotopic (exact) mass is 352 g/mol. The second-order valence-corrected chi connectivity index (χ2v) is 7.10. The van der Waals surface area contributed by atoms with Crippen molar-refractivity contribution in [3.8, 4) is 5.75 Å². The van der Waals surface area contributed by atoms with Gasteiger partial charge in [-0.3, -0.25) is 4.79 Å². The van der Waals surface area contributed by atoms with Gasteiger partial charge in [-0.2, -0.15) is 0 Å². The molecule has 2 aromatic rings. The van der Waals surface area contributed by atoms with Gasteiger partial charge in [0.2, 0.25) is 0 Å². The van der Waals surface area contributed by atoms with Crippen LogP contribution >= 0.6 is 0 Å². The molecule has 2 aliphatic heterocycles. The van der Waals surface area contributed by atoms with Crippen molar-refractivity contribution in [2.75, 3.05) is 31.6 Å². The zero-order valence-electron chi connectivity index (χ0n) is 15.3. The molecule has 0 N–H and O–H groups in total. The van der Waals surface area contributed by atoms with Gasteiger partial charge in [0.15, 0.2) is 0 Å². The number of amides is 1. The maximum atomic E-state index is 13.1. The zero-order chi connectivity index (χ0) is 18.1. The van der Waals surface area contributed by atoms with Crippen LogP contribution in [0.3, 0.4) is 0 Å². The number of likely N-dealkylation sites (tertiary alicyclic amines) is 1. The fraction of sp³-hybridized carbons (Fsp3) is 0.450. The summed E-state index contributed by atoms with van der Waals surface area (Å²) in [6.45, 7) is 4.61. The number of methoxy groups -OCH3 is 1. The third-order valence-corrected chi connectivity index (χ3v) is 5.55. The minimum atomic E-state index is 0.0946. The number of aromatic nitrogens is 2. The van der Waals surface area contributed by atoms with Crippen molar-refractivity contribution in [3.05, 3.63) is 47.9 Å². The molecule has 4 rings (SSSR count). The quantitative estimate of drug-likeness (QED) is 0.850. The fourth-order valence-corrected chi connectivity index (χ4v) is 4.14. The van der Waals surface area contributed by atoms with E-state index in [2.05, 4.69) is 14.9 Å². The van der Waals surface area contributed by atoms with Crippen molar-refractivity contribution in [2.45, 2.75) is 25.8 Å². The molecule has 136 valence electrons. The number of anilines is 1. The molecule has 2 aliphatic rings. The lowest BCUT2D eigenvalue weighted by atomic mass is 9.92. The Kier molecular flexibility index (Phi) is 4.49. The van der Waals surface area contributed by atoms with E-state index in [1.807, 2.05) is 42.2 Å². The number of benzene rings is 1. The summed E-state index contributed by atoms with van der Waals surface area (Å²) < 4.78 is 5.27. The van der Waals surface area contributed by atoms with E-state index in [0.29, 0.717) is 17.2 Å². The lowest BCUT2D eigenvalue weighted by Gasteiger charge is -2.39. The molecule has 0 radical (unpaired) electrons. The number of aryl methyl sites for hydroxylation is 1. The molecule has 2 atom stereocenters. The number of carbonyl (C=O) groups is 1. The van der Waals surface area contributed by atoms with Crippen LogP contribution in [0.5, 0.6) is 5.75 Å². The summed E-state index contributed by atoms with van der Waals surface area (Å²) in [5, 5.41) is 0. The number of ether oxygens (including phenoxy) is 1. The predicted octanol–water partition coefficient (Wildman–Crippen LogP) is 2.53. The molecular formula is C20H24N4O2. The third kappa shape index (κ3) is 3.11. The maximum Gasteiger partial charge on any atom is 0.254 e. The summed E-state index contributed by atoms with van der Waals surface area (Å²) in [6, 6.07) is 9.68. The Morgan fingerprint density at radius 2 is 2.04 bits per heavy atom. The van der Waals surface area contributed by atoms with Crippen LogP contribution in [-0.2, 0) is 0 Å². The lowest BCUT2D eigenvalue weighted by Crippen LogP contribution is -2.50. The van der Waals surface area contributed by atoms with Gasteiger partial charge < -0.3 is 14.5 Å². The molecule has 2 unspecified atom stereocenters. The topological polar surface area (TPSA) is 58.6 Å². The van der Waals surface area contributed by atoms with Crippen molar-refractivity contribution in [2.24, 2.45) is 5.92 Å². The highest BCUT2D eigenvalue weighted by molar-refractivity contribution is 5.95. The van der Waals surface area contributed by atoms with Crippen molar-refractivity contribution >= 4 is 11.7 Å². The SMILES string of the molecule is COc1cccc(C(=O)N2CCC3CCN(c4cc(C)ncn4)CC32)c1. The Labute approximate surface area is 153 Å². The number of rotatable bonds is 3. The van der Waals surface area contributed by atoms with E-state index in [0.717, 1.165) is 44.0 Å². The van der Waals surface area contributed by atoms with Crippen LogP contribution in [0.1, 0.15) is 28.9 Å². The van der Waals surface area contributed by atoms with E-state index < -0.39 is 0 Å². The molecule has 2 fully saturated rings. The van der Waals surface area contributed by atoms with E-state index in [-0.39, 0.29) is 11.9 Å². The van der Waals surface area contributed by atoms with Crippen molar-refractivity contribution in [1.29, 1.82) is 0 Å². The molecule has 0 aliphatic carbocycles. The van der Waals surface area contributed by atoms with Gasteiger partial charge in [0.1, 0.15) is 17.9 Å². The molecule has 0 saturated carbocycles. The number of hydrogen-bond acceptors (Lipinski definition) is 5. The van der Waals surface area contributed by atoms with Crippen LogP contribution < -0.4 is 9.64 Å². The number of nitrogens with zero attached hydrogens (tertiary/aromatic N) is 4. The molecule has 3 heterocycles. The van der Waals surface area contributed by atoms with Gasteiger partial charge in [0.25, 0.3) is 5.91 Å². The van der Waals surface area contributed by atoms with E-state index >= 15 is 0 Å². The number of hydrogen-bond donors (Lipinski definition) is 0. The number of fused-ring (bicyclic) bond motifs is 1. The highest BCUT2D eigenvalue weighted by Crippen LogP contribution is 2.34. The van der Waals surface area contributed by atoms with Gasteiger partial charge in [0.05, 0.1) is 13.2 Å². The molecule has 1 aromatic heterocycles. The standard InChI is InChI=1S/C20H24N4O2/c1-14-10-19(22-13-21-14)23-8-6-15-7-9-24(18(15)12-23)20(25)16-4-3-5-17(11-16)26-2/h3-5,10-11,13,15,18H,6-9,12H2,1-2H3. The average molecular weight is 352 g/mol. The minimum Gasteiger partial charge on any atom is -0.497 e. The van der Waals surface area contributed by atoms with Crippen LogP contribution in [0.2, 0.25) is 0 Å². The van der Waals surface area contributed by atoms with Crippen LogP contribution in [0.25, 0.3) is 0 Å². The molecule has 0 bridgehead atoms. The van der Waals surface area contributed by atoms with E-state index in [4.69, 9.17) is 4.74 Å². The summed E-state index contributed by atoms with van der Waals surface area (Å²) in [5.74, 6) is 2.34. The fourth-order valence-electron chi connectivity index (χ4n) is 4.14. The zero-order valence-corrected chi connectivity index (χ0v) is 15.3. The summed E-state index contributed by atoms with van der Waals surface area (Å²) >= 11 is 0. The second kappa shape index (κ2) is 6.94. The molecule has 2 saturated heterocycles. The highest BCUT2D eigenvalue weighted by Gasteiger charge is 2.41.